The number of aromatic nitrogens is 2. The maximum atomic E-state index is 10.6. The number of morpholine rings is 1. The Balaban J connectivity index is 0.000000396. The monoisotopic (exact) mass is 667 g/mol. The van der Waals surface area contributed by atoms with Gasteiger partial charge < -0.3 is 24.8 Å². The van der Waals surface area contributed by atoms with Crippen LogP contribution in [0.4, 0.5) is 39.5 Å². The lowest BCUT2D eigenvalue weighted by Gasteiger charge is -2.39. The van der Waals surface area contributed by atoms with E-state index in [0.29, 0.717) is 12.6 Å². The normalized spacial score (nSPS) is 19.7. The van der Waals surface area contributed by atoms with Crippen LogP contribution < -0.4 is 0 Å². The van der Waals surface area contributed by atoms with Crippen molar-refractivity contribution in [2.24, 2.45) is 0 Å². The second-order valence-corrected chi connectivity index (χ2v) is 8.93. The van der Waals surface area contributed by atoms with Gasteiger partial charge in [0.25, 0.3) is 0 Å². The Morgan fingerprint density at radius 1 is 0.800 bits per heavy atom. The first kappa shape index (κ1) is 39.0. The lowest BCUT2D eigenvalue weighted by Crippen LogP contribution is -2.51. The Morgan fingerprint density at radius 3 is 1.76 bits per heavy atom. The number of nitrogens with zero attached hydrogens (tertiary/aromatic N) is 3. The molecule has 2 fully saturated rings. The summed E-state index contributed by atoms with van der Waals surface area (Å²) in [5, 5.41) is 21.4. The van der Waals surface area contributed by atoms with Crippen LogP contribution in [0.3, 0.4) is 0 Å². The number of pyridine rings is 2. The van der Waals surface area contributed by atoms with Gasteiger partial charge in [-0.25, -0.2) is 14.4 Å². The highest BCUT2D eigenvalue weighted by atomic mass is 19.4. The molecule has 0 aromatic carbocycles. The number of alkyl halides is 9. The first-order valence-corrected chi connectivity index (χ1v) is 12.4. The summed E-state index contributed by atoms with van der Waals surface area (Å²) in [5.74, 6) is -8.27. The third-order valence-electron chi connectivity index (χ3n) is 5.70. The van der Waals surface area contributed by atoms with Crippen LogP contribution in [0, 0.1) is 0 Å². The average Bonchev–Trinajstić information content (AvgIpc) is 3.37. The van der Waals surface area contributed by atoms with E-state index in [0.717, 1.165) is 38.1 Å². The summed E-state index contributed by atoms with van der Waals surface area (Å²) in [5.41, 5.74) is 2.43. The van der Waals surface area contributed by atoms with Gasteiger partial charge in [0.1, 0.15) is 0 Å². The van der Waals surface area contributed by atoms with Gasteiger partial charge in [-0.05, 0) is 42.2 Å². The molecule has 3 N–H and O–H groups in total. The van der Waals surface area contributed by atoms with Crippen molar-refractivity contribution < 1.29 is 78.7 Å². The molecule has 3 heterocycles. The van der Waals surface area contributed by atoms with Crippen LogP contribution >= 0.6 is 0 Å². The Kier molecular flexibility index (Phi) is 15.1. The molecule has 0 radical (unpaired) electrons. The van der Waals surface area contributed by atoms with Crippen molar-refractivity contribution in [1.82, 2.24) is 14.9 Å². The molecule has 0 bridgehead atoms. The Labute approximate surface area is 248 Å². The van der Waals surface area contributed by atoms with Crippen molar-refractivity contribution in [3.05, 3.63) is 60.2 Å². The standard InChI is InChI=1S/C19H23N3O2.3C2HF3O2/c1-2-16(12-21-7-1)13-22-10-11-23-19-17(22)3-4-18(19)24-14-15-5-8-20-9-6-15;3*3-2(4,5)1(6)7/h1-2,5-9,12,17-19H,3-4,10-11,13-14H2;3*(H,6,7)/t17-,18+,19+;;;/m0.../s1. The zero-order chi connectivity index (χ0) is 34.4. The molecule has 2 aliphatic rings. The number of carbonyl (C=O) groups is 3. The van der Waals surface area contributed by atoms with Gasteiger partial charge in [-0.1, -0.05) is 6.07 Å². The number of hydrogen-bond donors (Lipinski definition) is 3. The molecule has 252 valence electrons. The zero-order valence-corrected chi connectivity index (χ0v) is 22.7. The lowest BCUT2D eigenvalue weighted by atomic mass is 10.1. The summed E-state index contributed by atoms with van der Waals surface area (Å²) in [6.45, 7) is 3.32. The molecule has 4 rings (SSSR count). The second-order valence-electron chi connectivity index (χ2n) is 8.93. The summed E-state index contributed by atoms with van der Waals surface area (Å²) in [6.07, 6.45) is -5.31. The minimum atomic E-state index is -5.08. The Morgan fingerprint density at radius 2 is 1.31 bits per heavy atom. The fourth-order valence-electron chi connectivity index (χ4n) is 3.77. The molecule has 0 unspecified atom stereocenters. The summed E-state index contributed by atoms with van der Waals surface area (Å²) in [4.78, 5) is 37.5. The summed E-state index contributed by atoms with van der Waals surface area (Å²) < 4.78 is 107. The number of fused-ring (bicyclic) bond motifs is 1. The Bertz CT molecular complexity index is 1140. The third-order valence-corrected chi connectivity index (χ3v) is 5.70. The number of carboxylic acids is 3. The van der Waals surface area contributed by atoms with E-state index in [4.69, 9.17) is 39.2 Å². The molecule has 2 aromatic rings. The Hall–Kier alpha value is -4.04. The number of rotatable bonds is 5. The predicted molar refractivity (Wildman–Crippen MR) is 131 cm³/mol. The van der Waals surface area contributed by atoms with E-state index in [1.165, 1.54) is 5.56 Å². The molecule has 1 saturated heterocycles. The van der Waals surface area contributed by atoms with Crippen molar-refractivity contribution in [1.29, 1.82) is 0 Å². The van der Waals surface area contributed by atoms with Crippen molar-refractivity contribution in [3.8, 4) is 0 Å². The van der Waals surface area contributed by atoms with Gasteiger partial charge in [0.2, 0.25) is 0 Å². The molecule has 1 aliphatic heterocycles. The first-order chi connectivity index (χ1) is 20.7. The number of hydrogen-bond acceptors (Lipinski definition) is 8. The van der Waals surface area contributed by atoms with Crippen molar-refractivity contribution >= 4 is 17.9 Å². The SMILES string of the molecule is O=C(O)C(F)(F)F.O=C(O)C(F)(F)F.O=C(O)C(F)(F)F.c1cncc(CN2CCO[C@H]3[C@H](OCc4ccncc4)CC[C@@H]32)c1. The van der Waals surface area contributed by atoms with E-state index in [1.807, 2.05) is 43.0 Å². The summed E-state index contributed by atoms with van der Waals surface area (Å²) >= 11 is 0. The van der Waals surface area contributed by atoms with Gasteiger partial charge in [-0.3, -0.25) is 14.9 Å². The van der Waals surface area contributed by atoms with Gasteiger partial charge in [0.15, 0.2) is 0 Å². The average molecular weight is 667 g/mol. The quantitative estimate of drug-likeness (QED) is 0.390. The lowest BCUT2D eigenvalue weighted by molar-refractivity contribution is -0.193. The molecular weight excluding hydrogens is 641 g/mol. The smallest absolute Gasteiger partial charge is 0.475 e. The fraction of sp³-hybridized carbons (Fsp3) is 0.480. The van der Waals surface area contributed by atoms with Gasteiger partial charge in [0, 0.05) is 43.9 Å². The predicted octanol–water partition coefficient (Wildman–Crippen LogP) is 4.33. The van der Waals surface area contributed by atoms with Gasteiger partial charge in [0.05, 0.1) is 25.4 Å². The molecule has 0 amide bonds. The number of ether oxygens (including phenoxy) is 2. The minimum absolute atomic E-state index is 0.178. The minimum Gasteiger partial charge on any atom is -0.475 e. The molecular formula is C25H26F9N3O8. The first-order valence-electron chi connectivity index (χ1n) is 12.4. The van der Waals surface area contributed by atoms with Gasteiger partial charge in [-0.2, -0.15) is 39.5 Å². The maximum Gasteiger partial charge on any atom is 0.490 e. The molecule has 2 aromatic heterocycles. The molecule has 20 heteroatoms. The number of halogens is 9. The molecule has 0 spiro atoms. The van der Waals surface area contributed by atoms with Crippen LogP contribution in [0.25, 0.3) is 0 Å². The van der Waals surface area contributed by atoms with E-state index < -0.39 is 36.4 Å². The fourth-order valence-corrected chi connectivity index (χ4v) is 3.77. The molecule has 45 heavy (non-hydrogen) atoms. The van der Waals surface area contributed by atoms with Crippen LogP contribution in [-0.4, -0.2) is 98.0 Å². The van der Waals surface area contributed by atoms with E-state index in [2.05, 4.69) is 20.9 Å². The third kappa shape index (κ3) is 15.0. The van der Waals surface area contributed by atoms with Gasteiger partial charge in [-0.15, -0.1) is 0 Å². The molecule has 3 atom stereocenters. The van der Waals surface area contributed by atoms with Gasteiger partial charge >= 0.3 is 36.4 Å². The van der Waals surface area contributed by atoms with E-state index >= 15 is 0 Å². The van der Waals surface area contributed by atoms with E-state index in [-0.39, 0.29) is 12.2 Å². The second kappa shape index (κ2) is 17.4. The van der Waals surface area contributed by atoms with Crippen molar-refractivity contribution in [2.45, 2.75) is 62.8 Å². The zero-order valence-electron chi connectivity index (χ0n) is 22.7. The van der Waals surface area contributed by atoms with Crippen LogP contribution in [-0.2, 0) is 37.0 Å². The summed E-state index contributed by atoms with van der Waals surface area (Å²) in [7, 11) is 0. The molecule has 1 aliphatic carbocycles. The molecule has 11 nitrogen and oxygen atoms in total. The highest BCUT2D eigenvalue weighted by Crippen LogP contribution is 2.33. The maximum absolute atomic E-state index is 10.6. The van der Waals surface area contributed by atoms with Crippen LogP contribution in [0.15, 0.2) is 49.1 Å². The van der Waals surface area contributed by atoms with E-state index in [1.54, 1.807) is 0 Å². The van der Waals surface area contributed by atoms with E-state index in [9.17, 15) is 39.5 Å². The highest BCUT2D eigenvalue weighted by Gasteiger charge is 2.43. The topological polar surface area (TPSA) is 159 Å². The van der Waals surface area contributed by atoms with Crippen LogP contribution in [0.5, 0.6) is 0 Å². The highest BCUT2D eigenvalue weighted by molar-refractivity contribution is 5.73. The number of carboxylic acid groups (broad SMARTS) is 3. The van der Waals surface area contributed by atoms with Crippen LogP contribution in [0.2, 0.25) is 0 Å². The van der Waals surface area contributed by atoms with Crippen LogP contribution in [0.1, 0.15) is 24.0 Å². The van der Waals surface area contributed by atoms with Crippen molar-refractivity contribution in [3.63, 3.8) is 0 Å². The largest absolute Gasteiger partial charge is 0.490 e. The summed E-state index contributed by atoms with van der Waals surface area (Å²) in [6, 6.07) is 8.60. The molecule has 1 saturated carbocycles. The number of aliphatic carboxylic acids is 3. The van der Waals surface area contributed by atoms with Crippen molar-refractivity contribution in [2.75, 3.05) is 13.2 Å².